The summed E-state index contributed by atoms with van der Waals surface area (Å²) >= 11 is 0. The van der Waals surface area contributed by atoms with E-state index in [4.69, 9.17) is 0 Å². The van der Waals surface area contributed by atoms with Gasteiger partial charge in [0.2, 0.25) is 0 Å². The lowest BCUT2D eigenvalue weighted by atomic mass is 10.2. The fourth-order valence-electron chi connectivity index (χ4n) is 2.49. The largest absolute Gasteiger partial charge is 0.328 e. The number of hydrogen-bond acceptors (Lipinski definition) is 1. The van der Waals surface area contributed by atoms with Crippen LogP contribution in [0.1, 0.15) is 24.4 Å². The van der Waals surface area contributed by atoms with Gasteiger partial charge < -0.3 is 0 Å². The molecule has 0 saturated heterocycles. The SMILES string of the molecule is C[Si](C)(C)c1ccc(Cn2ccn(C3CC3)c2=O)cc1. The van der Waals surface area contributed by atoms with Crippen molar-refractivity contribution in [3.8, 4) is 0 Å². The smallest absolute Gasteiger partial charge is 0.296 e. The van der Waals surface area contributed by atoms with E-state index in [1.54, 1.807) is 0 Å². The average Bonchev–Trinajstić information content (AvgIpc) is 3.16. The second kappa shape index (κ2) is 4.77. The molecule has 0 amide bonds. The summed E-state index contributed by atoms with van der Waals surface area (Å²) in [7, 11) is -1.23. The number of imidazole rings is 1. The summed E-state index contributed by atoms with van der Waals surface area (Å²) in [6, 6.07) is 9.23. The predicted molar refractivity (Wildman–Crippen MR) is 85.5 cm³/mol. The van der Waals surface area contributed by atoms with E-state index < -0.39 is 8.07 Å². The van der Waals surface area contributed by atoms with Crippen molar-refractivity contribution in [2.45, 2.75) is 45.1 Å². The highest BCUT2D eigenvalue weighted by molar-refractivity contribution is 6.88. The van der Waals surface area contributed by atoms with Crippen LogP contribution in [0.15, 0.2) is 41.5 Å². The molecule has 0 atom stereocenters. The van der Waals surface area contributed by atoms with Gasteiger partial charge in [-0.3, -0.25) is 9.13 Å². The van der Waals surface area contributed by atoms with Crippen LogP contribution in [-0.4, -0.2) is 17.2 Å². The summed E-state index contributed by atoms with van der Waals surface area (Å²) in [5, 5.41) is 1.46. The first-order valence-electron chi connectivity index (χ1n) is 7.32. The van der Waals surface area contributed by atoms with E-state index in [2.05, 4.69) is 43.9 Å². The van der Waals surface area contributed by atoms with Crippen LogP contribution in [-0.2, 0) is 6.54 Å². The van der Waals surface area contributed by atoms with Crippen LogP contribution in [0.5, 0.6) is 0 Å². The van der Waals surface area contributed by atoms with Gasteiger partial charge in [0.25, 0.3) is 0 Å². The molecule has 106 valence electrons. The predicted octanol–water partition coefficient (Wildman–Crippen LogP) is 2.58. The maximum absolute atomic E-state index is 12.2. The monoisotopic (exact) mass is 286 g/mol. The van der Waals surface area contributed by atoms with Crippen LogP contribution in [0.25, 0.3) is 0 Å². The molecule has 0 spiro atoms. The minimum absolute atomic E-state index is 0.127. The van der Waals surface area contributed by atoms with Gasteiger partial charge in [0.05, 0.1) is 14.6 Å². The summed E-state index contributed by atoms with van der Waals surface area (Å²) < 4.78 is 3.68. The van der Waals surface area contributed by atoms with E-state index in [1.807, 2.05) is 21.5 Å². The van der Waals surface area contributed by atoms with Gasteiger partial charge in [0.15, 0.2) is 0 Å². The highest BCUT2D eigenvalue weighted by atomic mass is 28.3. The van der Waals surface area contributed by atoms with Crippen LogP contribution in [0.4, 0.5) is 0 Å². The highest BCUT2D eigenvalue weighted by Crippen LogP contribution is 2.33. The lowest BCUT2D eigenvalue weighted by Crippen LogP contribution is -2.37. The third kappa shape index (κ3) is 2.65. The number of aromatic nitrogens is 2. The number of hydrogen-bond donors (Lipinski definition) is 0. The fraction of sp³-hybridized carbons (Fsp3) is 0.438. The molecule has 4 heteroatoms. The van der Waals surface area contributed by atoms with Gasteiger partial charge >= 0.3 is 5.69 Å². The van der Waals surface area contributed by atoms with Gasteiger partial charge in [-0.1, -0.05) is 49.1 Å². The Kier molecular flexibility index (Phi) is 3.20. The first-order chi connectivity index (χ1) is 9.45. The maximum atomic E-state index is 12.2. The molecular weight excluding hydrogens is 264 g/mol. The minimum Gasteiger partial charge on any atom is -0.296 e. The molecule has 2 aromatic rings. The summed E-state index contributed by atoms with van der Waals surface area (Å²) in [6.07, 6.45) is 6.13. The van der Waals surface area contributed by atoms with Gasteiger partial charge in [-0.25, -0.2) is 4.79 Å². The standard InChI is InChI=1S/C16H22N2OSi/c1-20(2,3)15-8-4-13(5-9-15)12-17-10-11-18(16(17)19)14-6-7-14/h4-5,8-11,14H,6-7,12H2,1-3H3. The molecule has 3 nitrogen and oxygen atoms in total. The molecule has 20 heavy (non-hydrogen) atoms. The highest BCUT2D eigenvalue weighted by Gasteiger charge is 2.25. The number of rotatable bonds is 4. The van der Waals surface area contributed by atoms with Crippen LogP contribution in [0, 0.1) is 0 Å². The number of benzene rings is 1. The topological polar surface area (TPSA) is 26.9 Å². The maximum Gasteiger partial charge on any atom is 0.328 e. The molecule has 0 aliphatic heterocycles. The molecule has 1 saturated carbocycles. The molecule has 0 unspecified atom stereocenters. The van der Waals surface area contributed by atoms with Crippen LogP contribution >= 0.6 is 0 Å². The van der Waals surface area contributed by atoms with Crippen LogP contribution in [0.2, 0.25) is 19.6 Å². The second-order valence-electron chi connectivity index (χ2n) is 6.79. The Bertz CT molecular complexity index is 657. The average molecular weight is 286 g/mol. The molecule has 1 aliphatic rings. The van der Waals surface area contributed by atoms with Crippen molar-refractivity contribution in [1.29, 1.82) is 0 Å². The lowest BCUT2D eigenvalue weighted by Gasteiger charge is -2.16. The van der Waals surface area contributed by atoms with E-state index in [1.165, 1.54) is 10.8 Å². The third-order valence-corrected chi connectivity index (χ3v) is 6.05. The molecule has 0 radical (unpaired) electrons. The Morgan fingerprint density at radius 3 is 2.30 bits per heavy atom. The van der Waals surface area contributed by atoms with Crippen molar-refractivity contribution in [2.75, 3.05) is 0 Å². The van der Waals surface area contributed by atoms with Crippen LogP contribution < -0.4 is 10.9 Å². The van der Waals surface area contributed by atoms with E-state index >= 15 is 0 Å². The van der Waals surface area contributed by atoms with Crippen molar-refractivity contribution >= 4 is 13.3 Å². The molecular formula is C16H22N2OSi. The zero-order valence-corrected chi connectivity index (χ0v) is 13.5. The van der Waals surface area contributed by atoms with Crippen molar-refractivity contribution < 1.29 is 0 Å². The second-order valence-corrected chi connectivity index (χ2v) is 11.9. The van der Waals surface area contributed by atoms with Crippen molar-refractivity contribution in [2.24, 2.45) is 0 Å². The summed E-state index contributed by atoms with van der Waals surface area (Å²) in [6.45, 7) is 7.72. The Morgan fingerprint density at radius 2 is 1.75 bits per heavy atom. The minimum atomic E-state index is -1.23. The van der Waals surface area contributed by atoms with E-state index in [-0.39, 0.29) is 5.69 Å². The van der Waals surface area contributed by atoms with E-state index in [9.17, 15) is 4.79 Å². The zero-order chi connectivity index (χ0) is 14.3. The van der Waals surface area contributed by atoms with Gasteiger partial charge in [-0.2, -0.15) is 0 Å². The van der Waals surface area contributed by atoms with Gasteiger partial charge in [0.1, 0.15) is 0 Å². The molecule has 1 heterocycles. The summed E-state index contributed by atoms with van der Waals surface area (Å²) in [4.78, 5) is 12.2. The first kappa shape index (κ1) is 13.4. The molecule has 0 N–H and O–H groups in total. The van der Waals surface area contributed by atoms with Gasteiger partial charge in [-0.05, 0) is 18.4 Å². The Hall–Kier alpha value is -1.55. The Balaban J connectivity index is 1.79. The zero-order valence-electron chi connectivity index (χ0n) is 12.5. The summed E-state index contributed by atoms with van der Waals surface area (Å²) in [5.74, 6) is 0. The Labute approximate surface area is 120 Å². The quantitative estimate of drug-likeness (QED) is 0.794. The van der Waals surface area contributed by atoms with Gasteiger partial charge in [0, 0.05) is 18.4 Å². The van der Waals surface area contributed by atoms with Crippen molar-refractivity contribution in [3.05, 3.63) is 52.7 Å². The fourth-order valence-corrected chi connectivity index (χ4v) is 3.65. The van der Waals surface area contributed by atoms with Crippen LogP contribution in [0.3, 0.4) is 0 Å². The Morgan fingerprint density at radius 1 is 1.10 bits per heavy atom. The molecule has 1 aromatic carbocycles. The first-order valence-corrected chi connectivity index (χ1v) is 10.8. The molecule has 0 bridgehead atoms. The third-order valence-electron chi connectivity index (χ3n) is 3.99. The van der Waals surface area contributed by atoms with Gasteiger partial charge in [-0.15, -0.1) is 0 Å². The van der Waals surface area contributed by atoms with E-state index in [0.717, 1.165) is 12.8 Å². The normalized spacial score (nSPS) is 15.6. The van der Waals surface area contributed by atoms with Crippen molar-refractivity contribution in [1.82, 2.24) is 9.13 Å². The molecule has 1 aromatic heterocycles. The number of nitrogens with zero attached hydrogens (tertiary/aromatic N) is 2. The molecule has 3 rings (SSSR count). The van der Waals surface area contributed by atoms with E-state index in [0.29, 0.717) is 12.6 Å². The molecule has 1 aliphatic carbocycles. The molecule has 1 fully saturated rings. The lowest BCUT2D eigenvalue weighted by molar-refractivity contribution is 0.656. The van der Waals surface area contributed by atoms with Crippen molar-refractivity contribution in [3.63, 3.8) is 0 Å². The summed E-state index contributed by atoms with van der Waals surface area (Å²) in [5.41, 5.74) is 1.32.